The molecule has 1 rings (SSSR count). The Morgan fingerprint density at radius 3 is 2.14 bits per heavy atom. The molecular formula is C11H16O3. The molecule has 0 aliphatic rings. The van der Waals surface area contributed by atoms with Gasteiger partial charge in [0.05, 0.1) is 13.2 Å². The first-order chi connectivity index (χ1) is 6.48. The number of ether oxygens (including phenoxy) is 1. The highest BCUT2D eigenvalue weighted by atomic mass is 16.5. The van der Waals surface area contributed by atoms with Crippen LogP contribution in [0.3, 0.4) is 0 Å². The lowest BCUT2D eigenvalue weighted by Crippen LogP contribution is -2.33. The maximum absolute atomic E-state index is 9.94. The van der Waals surface area contributed by atoms with Gasteiger partial charge in [-0.1, -0.05) is 12.1 Å². The van der Waals surface area contributed by atoms with Crippen molar-refractivity contribution in [3.05, 3.63) is 29.8 Å². The van der Waals surface area contributed by atoms with E-state index in [0.29, 0.717) is 5.56 Å². The zero-order valence-corrected chi connectivity index (χ0v) is 8.69. The molecule has 14 heavy (non-hydrogen) atoms. The lowest BCUT2D eigenvalue weighted by atomic mass is 9.91. The number of rotatable bonds is 3. The fourth-order valence-electron chi connectivity index (χ4n) is 1.17. The number of methoxy groups -OCH3 is 1. The molecule has 2 N–H and O–H groups in total. The third kappa shape index (κ3) is 2.05. The fourth-order valence-corrected chi connectivity index (χ4v) is 1.17. The van der Waals surface area contributed by atoms with Crippen LogP contribution in [-0.2, 0) is 5.60 Å². The van der Waals surface area contributed by atoms with Crippen LogP contribution in [0.2, 0.25) is 0 Å². The number of aliphatic hydroxyl groups is 2. The minimum absolute atomic E-state index is 0.674. The summed E-state index contributed by atoms with van der Waals surface area (Å²) in [6, 6.07) is 7.00. The average molecular weight is 196 g/mol. The maximum atomic E-state index is 9.94. The number of hydrogen-bond acceptors (Lipinski definition) is 3. The molecule has 0 spiro atoms. The molecule has 3 heteroatoms. The number of hydrogen-bond donors (Lipinski definition) is 2. The van der Waals surface area contributed by atoms with Crippen molar-refractivity contribution in [2.75, 3.05) is 7.11 Å². The van der Waals surface area contributed by atoms with Crippen molar-refractivity contribution in [3.63, 3.8) is 0 Å². The van der Waals surface area contributed by atoms with Gasteiger partial charge in [-0.25, -0.2) is 0 Å². The first kappa shape index (κ1) is 11.0. The van der Waals surface area contributed by atoms with Gasteiger partial charge in [0.15, 0.2) is 0 Å². The van der Waals surface area contributed by atoms with Gasteiger partial charge < -0.3 is 14.9 Å². The van der Waals surface area contributed by atoms with E-state index in [1.165, 1.54) is 0 Å². The van der Waals surface area contributed by atoms with Crippen molar-refractivity contribution >= 4 is 0 Å². The van der Waals surface area contributed by atoms with Gasteiger partial charge in [-0.05, 0) is 31.5 Å². The minimum atomic E-state index is -1.22. The predicted octanol–water partition coefficient (Wildman–Crippen LogP) is 1.28. The molecule has 0 bridgehead atoms. The van der Waals surface area contributed by atoms with Crippen LogP contribution in [-0.4, -0.2) is 23.4 Å². The van der Waals surface area contributed by atoms with Crippen LogP contribution in [0.15, 0.2) is 24.3 Å². The van der Waals surface area contributed by atoms with Crippen LogP contribution in [0.1, 0.15) is 19.4 Å². The summed E-state index contributed by atoms with van der Waals surface area (Å²) >= 11 is 0. The Bertz CT molecular complexity index is 288. The van der Waals surface area contributed by atoms with E-state index >= 15 is 0 Å². The van der Waals surface area contributed by atoms with Gasteiger partial charge in [-0.2, -0.15) is 0 Å². The minimum Gasteiger partial charge on any atom is -0.497 e. The average Bonchev–Trinajstić information content (AvgIpc) is 2.17. The summed E-state index contributed by atoms with van der Waals surface area (Å²) in [5.41, 5.74) is -0.542. The lowest BCUT2D eigenvalue weighted by Gasteiger charge is -2.27. The standard InChI is InChI=1S/C11H16O3/c1-8(12)11(2,13)9-4-6-10(14-3)7-5-9/h4-8,12-13H,1-3H3/t8-,11+/m1/s1. The van der Waals surface area contributed by atoms with Gasteiger partial charge >= 0.3 is 0 Å². The molecule has 0 radical (unpaired) electrons. The van der Waals surface area contributed by atoms with Crippen LogP contribution in [0.4, 0.5) is 0 Å². The Balaban J connectivity index is 2.97. The van der Waals surface area contributed by atoms with E-state index in [4.69, 9.17) is 4.74 Å². The van der Waals surface area contributed by atoms with E-state index in [0.717, 1.165) is 5.75 Å². The van der Waals surface area contributed by atoms with Crippen LogP contribution < -0.4 is 4.74 Å². The summed E-state index contributed by atoms with van der Waals surface area (Å²) in [5.74, 6) is 0.732. The van der Waals surface area contributed by atoms with E-state index in [-0.39, 0.29) is 0 Å². The monoisotopic (exact) mass is 196 g/mol. The molecule has 0 saturated heterocycles. The summed E-state index contributed by atoms with van der Waals surface area (Å²) in [5, 5.41) is 19.3. The first-order valence-electron chi connectivity index (χ1n) is 4.53. The van der Waals surface area contributed by atoms with Crippen LogP contribution in [0.5, 0.6) is 5.75 Å². The van der Waals surface area contributed by atoms with Crippen molar-refractivity contribution in [1.82, 2.24) is 0 Å². The summed E-state index contributed by atoms with van der Waals surface area (Å²) in [6.45, 7) is 3.14. The Labute approximate surface area is 84.0 Å². The molecule has 2 atom stereocenters. The second-order valence-electron chi connectivity index (χ2n) is 3.55. The zero-order valence-electron chi connectivity index (χ0n) is 8.69. The molecular weight excluding hydrogens is 180 g/mol. The summed E-state index contributed by atoms with van der Waals surface area (Å²) in [7, 11) is 1.59. The van der Waals surface area contributed by atoms with Crippen molar-refractivity contribution < 1.29 is 14.9 Å². The normalized spacial score (nSPS) is 17.2. The third-order valence-corrected chi connectivity index (χ3v) is 2.49. The van der Waals surface area contributed by atoms with E-state index in [1.54, 1.807) is 45.2 Å². The lowest BCUT2D eigenvalue weighted by molar-refractivity contribution is -0.0570. The fraction of sp³-hybridized carbons (Fsp3) is 0.455. The molecule has 0 fully saturated rings. The van der Waals surface area contributed by atoms with E-state index in [2.05, 4.69) is 0 Å². The van der Waals surface area contributed by atoms with Crippen LogP contribution >= 0.6 is 0 Å². The maximum Gasteiger partial charge on any atom is 0.118 e. The smallest absolute Gasteiger partial charge is 0.118 e. The predicted molar refractivity (Wildman–Crippen MR) is 54.2 cm³/mol. The second kappa shape index (κ2) is 3.98. The Morgan fingerprint density at radius 1 is 1.29 bits per heavy atom. The Morgan fingerprint density at radius 2 is 1.79 bits per heavy atom. The number of aliphatic hydroxyl groups excluding tert-OH is 1. The van der Waals surface area contributed by atoms with Gasteiger partial charge in [0.25, 0.3) is 0 Å². The zero-order chi connectivity index (χ0) is 10.8. The third-order valence-electron chi connectivity index (χ3n) is 2.49. The highest BCUT2D eigenvalue weighted by Gasteiger charge is 2.28. The highest BCUT2D eigenvalue weighted by molar-refractivity contribution is 5.30. The molecule has 0 saturated carbocycles. The highest BCUT2D eigenvalue weighted by Crippen LogP contribution is 2.26. The van der Waals surface area contributed by atoms with E-state index in [1.807, 2.05) is 0 Å². The molecule has 0 aliphatic heterocycles. The SMILES string of the molecule is COc1ccc([C@@](C)(O)[C@@H](C)O)cc1. The van der Waals surface area contributed by atoms with Gasteiger partial charge in [0.2, 0.25) is 0 Å². The molecule has 0 heterocycles. The summed E-state index contributed by atoms with van der Waals surface area (Å²) in [4.78, 5) is 0. The first-order valence-corrected chi connectivity index (χ1v) is 4.53. The molecule has 0 amide bonds. The molecule has 1 aromatic rings. The Hall–Kier alpha value is -1.06. The second-order valence-corrected chi connectivity index (χ2v) is 3.55. The van der Waals surface area contributed by atoms with Gasteiger partial charge in [0, 0.05) is 0 Å². The van der Waals surface area contributed by atoms with E-state index in [9.17, 15) is 10.2 Å². The Kier molecular flexibility index (Phi) is 3.13. The summed E-state index contributed by atoms with van der Waals surface area (Å²) in [6.07, 6.45) is -0.809. The molecule has 1 aromatic carbocycles. The molecule has 0 aromatic heterocycles. The van der Waals surface area contributed by atoms with Gasteiger partial charge in [0.1, 0.15) is 11.4 Å². The van der Waals surface area contributed by atoms with Gasteiger partial charge in [-0.15, -0.1) is 0 Å². The molecule has 78 valence electrons. The van der Waals surface area contributed by atoms with Crippen LogP contribution in [0, 0.1) is 0 Å². The quantitative estimate of drug-likeness (QED) is 0.765. The molecule has 0 aliphatic carbocycles. The molecule has 3 nitrogen and oxygen atoms in total. The van der Waals surface area contributed by atoms with Crippen molar-refractivity contribution in [1.29, 1.82) is 0 Å². The topological polar surface area (TPSA) is 49.7 Å². The van der Waals surface area contributed by atoms with Gasteiger partial charge in [-0.3, -0.25) is 0 Å². The molecule has 0 unspecified atom stereocenters. The summed E-state index contributed by atoms with van der Waals surface area (Å²) < 4.78 is 5.00. The number of benzene rings is 1. The largest absolute Gasteiger partial charge is 0.497 e. The van der Waals surface area contributed by atoms with Crippen LogP contribution in [0.25, 0.3) is 0 Å². The van der Waals surface area contributed by atoms with E-state index < -0.39 is 11.7 Å². The van der Waals surface area contributed by atoms with Crippen molar-refractivity contribution in [2.24, 2.45) is 0 Å². The van der Waals surface area contributed by atoms with Crippen molar-refractivity contribution in [2.45, 2.75) is 25.6 Å². The van der Waals surface area contributed by atoms with Crippen molar-refractivity contribution in [3.8, 4) is 5.75 Å².